The van der Waals surface area contributed by atoms with E-state index in [4.69, 9.17) is 5.73 Å². The molecule has 68 valence electrons. The van der Waals surface area contributed by atoms with E-state index in [-0.39, 0.29) is 5.91 Å². The number of hydrogen-bond acceptors (Lipinski definition) is 2. The number of amides is 1. The third kappa shape index (κ3) is 1.42. The van der Waals surface area contributed by atoms with E-state index < -0.39 is 0 Å². The maximum Gasteiger partial charge on any atom is 0.228 e. The van der Waals surface area contributed by atoms with Crippen molar-refractivity contribution in [3.63, 3.8) is 0 Å². The van der Waals surface area contributed by atoms with Gasteiger partial charge in [0.15, 0.2) is 0 Å². The fourth-order valence-electron chi connectivity index (χ4n) is 1.27. The molecule has 1 aliphatic rings. The van der Waals surface area contributed by atoms with Gasteiger partial charge < -0.3 is 10.6 Å². The number of β-lactam (4-membered cyclic amide) rings is 1. The number of halogens is 1. The van der Waals surface area contributed by atoms with Crippen molar-refractivity contribution in [2.24, 2.45) is 0 Å². The zero-order valence-corrected chi connectivity index (χ0v) is 8.54. The third-order valence-corrected chi connectivity index (χ3v) is 2.83. The minimum atomic E-state index is 0.177. The van der Waals surface area contributed by atoms with Crippen molar-refractivity contribution >= 4 is 33.2 Å². The Balaban J connectivity index is 2.31. The van der Waals surface area contributed by atoms with E-state index in [0.717, 1.165) is 16.7 Å². The average molecular weight is 241 g/mol. The van der Waals surface area contributed by atoms with Crippen LogP contribution in [0.2, 0.25) is 0 Å². The number of nitrogens with zero attached hydrogens (tertiary/aromatic N) is 1. The van der Waals surface area contributed by atoms with Crippen LogP contribution in [0.5, 0.6) is 0 Å². The lowest BCUT2D eigenvalue weighted by atomic mass is 10.1. The van der Waals surface area contributed by atoms with Gasteiger partial charge in [-0.2, -0.15) is 0 Å². The molecule has 0 atom stereocenters. The van der Waals surface area contributed by atoms with Crippen LogP contribution in [0.4, 0.5) is 11.4 Å². The number of rotatable bonds is 1. The number of anilines is 2. The number of benzene rings is 1. The summed E-state index contributed by atoms with van der Waals surface area (Å²) in [6.07, 6.45) is 0.655. The van der Waals surface area contributed by atoms with Crippen LogP contribution in [-0.4, -0.2) is 12.5 Å². The van der Waals surface area contributed by atoms with Gasteiger partial charge in [-0.3, -0.25) is 4.79 Å². The summed E-state index contributed by atoms with van der Waals surface area (Å²) in [7, 11) is 0. The molecular weight excluding hydrogens is 232 g/mol. The predicted octanol–water partition coefficient (Wildman–Crippen LogP) is 1.77. The summed E-state index contributed by atoms with van der Waals surface area (Å²) in [5.41, 5.74) is 7.24. The smallest absolute Gasteiger partial charge is 0.228 e. The summed E-state index contributed by atoms with van der Waals surface area (Å²) < 4.78 is 0.838. The van der Waals surface area contributed by atoms with Gasteiger partial charge in [-0.05, 0) is 34.1 Å². The largest absolute Gasteiger partial charge is 0.398 e. The summed E-state index contributed by atoms with van der Waals surface area (Å²) in [6, 6.07) is 5.52. The predicted molar refractivity (Wildman–Crippen MR) is 55.5 cm³/mol. The Morgan fingerprint density at radius 2 is 2.23 bits per heavy atom. The molecule has 0 aromatic heterocycles. The lowest BCUT2D eigenvalue weighted by molar-refractivity contribution is -0.122. The van der Waals surface area contributed by atoms with Gasteiger partial charge in [0.1, 0.15) is 0 Å². The van der Waals surface area contributed by atoms with Gasteiger partial charge in [-0.25, -0.2) is 0 Å². The van der Waals surface area contributed by atoms with Gasteiger partial charge in [-0.15, -0.1) is 0 Å². The maximum atomic E-state index is 11.1. The van der Waals surface area contributed by atoms with Crippen molar-refractivity contribution in [2.45, 2.75) is 6.42 Å². The molecule has 0 unspecified atom stereocenters. The number of carbonyl (C=O) groups is 1. The van der Waals surface area contributed by atoms with Gasteiger partial charge in [0, 0.05) is 28.8 Å². The molecular formula is C9H9BrN2O. The zero-order valence-electron chi connectivity index (χ0n) is 6.96. The summed E-state index contributed by atoms with van der Waals surface area (Å²) in [4.78, 5) is 12.8. The molecule has 1 aromatic carbocycles. The number of nitrogens with two attached hydrogens (primary N) is 1. The highest BCUT2D eigenvalue weighted by atomic mass is 79.9. The molecule has 1 aliphatic heterocycles. The number of hydrogen-bond donors (Lipinski definition) is 1. The topological polar surface area (TPSA) is 46.3 Å². The average Bonchev–Trinajstić information content (AvgIpc) is 2.09. The third-order valence-electron chi connectivity index (χ3n) is 2.15. The second-order valence-electron chi connectivity index (χ2n) is 3.00. The highest BCUT2D eigenvalue weighted by Gasteiger charge is 2.25. The first-order chi connectivity index (χ1) is 6.18. The van der Waals surface area contributed by atoms with Crippen molar-refractivity contribution in [1.29, 1.82) is 0 Å². The Bertz CT molecular complexity index is 365. The minimum Gasteiger partial charge on any atom is -0.398 e. The quantitative estimate of drug-likeness (QED) is 0.601. The summed E-state index contributed by atoms with van der Waals surface area (Å²) in [5, 5.41) is 0. The van der Waals surface area contributed by atoms with Gasteiger partial charge in [0.05, 0.1) is 0 Å². The second-order valence-corrected chi connectivity index (χ2v) is 3.86. The lowest BCUT2D eigenvalue weighted by Crippen LogP contribution is -2.43. The molecule has 1 amide bonds. The Hall–Kier alpha value is -1.03. The van der Waals surface area contributed by atoms with Gasteiger partial charge >= 0.3 is 0 Å². The first kappa shape index (κ1) is 8.56. The molecule has 0 bridgehead atoms. The molecule has 1 heterocycles. The first-order valence-corrected chi connectivity index (χ1v) is 4.83. The van der Waals surface area contributed by atoms with Crippen LogP contribution in [0.25, 0.3) is 0 Å². The van der Waals surface area contributed by atoms with E-state index in [1.54, 1.807) is 11.0 Å². The first-order valence-electron chi connectivity index (χ1n) is 4.04. The van der Waals surface area contributed by atoms with E-state index in [1.165, 1.54) is 0 Å². The van der Waals surface area contributed by atoms with Crippen LogP contribution in [0, 0.1) is 0 Å². The molecule has 0 radical (unpaired) electrons. The Morgan fingerprint density at radius 3 is 2.69 bits per heavy atom. The maximum absolute atomic E-state index is 11.1. The van der Waals surface area contributed by atoms with Crippen LogP contribution in [0.15, 0.2) is 22.7 Å². The van der Waals surface area contributed by atoms with Crippen molar-refractivity contribution in [2.75, 3.05) is 17.2 Å². The number of nitrogen functional groups attached to an aromatic ring is 1. The molecule has 2 rings (SSSR count). The van der Waals surface area contributed by atoms with Crippen LogP contribution < -0.4 is 10.6 Å². The normalized spacial score (nSPS) is 15.8. The van der Waals surface area contributed by atoms with Crippen molar-refractivity contribution < 1.29 is 4.79 Å². The van der Waals surface area contributed by atoms with Gasteiger partial charge in [0.25, 0.3) is 0 Å². The second kappa shape index (κ2) is 3.03. The summed E-state index contributed by atoms with van der Waals surface area (Å²) in [5.74, 6) is 0.177. The Morgan fingerprint density at radius 1 is 1.46 bits per heavy atom. The van der Waals surface area contributed by atoms with E-state index in [9.17, 15) is 4.79 Å². The molecule has 13 heavy (non-hydrogen) atoms. The zero-order chi connectivity index (χ0) is 9.42. The highest BCUT2D eigenvalue weighted by Crippen LogP contribution is 2.28. The molecule has 0 aliphatic carbocycles. The van der Waals surface area contributed by atoms with Crippen molar-refractivity contribution in [3.8, 4) is 0 Å². The SMILES string of the molecule is Nc1ccc(N2CCC2=O)cc1Br. The standard InChI is InChI=1S/C9H9BrN2O/c10-7-5-6(1-2-8(7)11)12-4-3-9(12)13/h1-2,5H,3-4,11H2. The van der Waals surface area contributed by atoms with E-state index >= 15 is 0 Å². The molecule has 0 saturated carbocycles. The summed E-state index contributed by atoms with van der Waals surface area (Å²) in [6.45, 7) is 0.815. The molecule has 1 saturated heterocycles. The fraction of sp³-hybridized carbons (Fsp3) is 0.222. The Kier molecular flexibility index (Phi) is 2.00. The van der Waals surface area contributed by atoms with Crippen molar-refractivity contribution in [3.05, 3.63) is 22.7 Å². The van der Waals surface area contributed by atoms with Crippen LogP contribution in [-0.2, 0) is 4.79 Å². The summed E-state index contributed by atoms with van der Waals surface area (Å²) >= 11 is 3.32. The number of carbonyl (C=O) groups excluding carboxylic acids is 1. The van der Waals surface area contributed by atoms with Crippen LogP contribution in [0.1, 0.15) is 6.42 Å². The van der Waals surface area contributed by atoms with Crippen molar-refractivity contribution in [1.82, 2.24) is 0 Å². The molecule has 3 nitrogen and oxygen atoms in total. The Labute approximate surface area is 84.6 Å². The van der Waals surface area contributed by atoms with E-state index in [1.807, 2.05) is 12.1 Å². The molecule has 2 N–H and O–H groups in total. The molecule has 1 fully saturated rings. The highest BCUT2D eigenvalue weighted by molar-refractivity contribution is 9.10. The van der Waals surface area contributed by atoms with E-state index in [0.29, 0.717) is 12.1 Å². The molecule has 1 aromatic rings. The van der Waals surface area contributed by atoms with Crippen LogP contribution in [0.3, 0.4) is 0 Å². The fourth-order valence-corrected chi connectivity index (χ4v) is 1.64. The monoisotopic (exact) mass is 240 g/mol. The minimum absolute atomic E-state index is 0.177. The lowest BCUT2D eigenvalue weighted by Gasteiger charge is -2.30. The molecule has 0 spiro atoms. The van der Waals surface area contributed by atoms with Gasteiger partial charge in [0.2, 0.25) is 5.91 Å². The van der Waals surface area contributed by atoms with Gasteiger partial charge in [-0.1, -0.05) is 0 Å². The van der Waals surface area contributed by atoms with E-state index in [2.05, 4.69) is 15.9 Å². The van der Waals surface area contributed by atoms with Crippen LogP contribution >= 0.6 is 15.9 Å². The molecule has 4 heteroatoms.